The molecule has 3 aromatic carbocycles. The number of thioether (sulfide) groups is 1. The second kappa shape index (κ2) is 11.3. The van der Waals surface area contributed by atoms with Crippen molar-refractivity contribution >= 4 is 36.1 Å². The van der Waals surface area contributed by atoms with Crippen molar-refractivity contribution in [2.75, 3.05) is 6.61 Å². The van der Waals surface area contributed by atoms with Gasteiger partial charge in [-0.2, -0.15) is 0 Å². The zero-order chi connectivity index (χ0) is 25.8. The summed E-state index contributed by atoms with van der Waals surface area (Å²) in [5.41, 5.74) is 0.931. The van der Waals surface area contributed by atoms with Gasteiger partial charge in [0, 0.05) is 28.4 Å². The molecule has 4 nitrogen and oxygen atoms in total. The van der Waals surface area contributed by atoms with Gasteiger partial charge in [-0.15, -0.1) is 11.8 Å². The second-order valence-corrected chi connectivity index (χ2v) is 16.6. The van der Waals surface area contributed by atoms with Crippen molar-refractivity contribution < 1.29 is 9.35 Å². The fraction of sp³-hybridized carbons (Fsp3) is 0.400. The molecule has 0 bridgehead atoms. The molecule has 4 rings (SSSR count). The topological polar surface area (TPSA) is 52.4 Å². The first kappa shape index (κ1) is 26.6. The average Bonchev–Trinajstić information content (AvgIpc) is 2.86. The van der Waals surface area contributed by atoms with E-state index >= 15 is 0 Å². The third kappa shape index (κ3) is 5.77. The normalized spacial score (nSPS) is 18.7. The maximum absolute atomic E-state index is 11.1. The van der Waals surface area contributed by atoms with Crippen LogP contribution in [0, 0.1) is 23.0 Å². The number of nitro benzene ring substituents is 1. The van der Waals surface area contributed by atoms with Crippen LogP contribution in [0.5, 0.6) is 0 Å². The molecule has 0 atom stereocenters. The van der Waals surface area contributed by atoms with E-state index in [4.69, 9.17) is 4.43 Å². The minimum Gasteiger partial charge on any atom is -0.407 e. The Kier molecular flexibility index (Phi) is 8.38. The number of nitro groups is 1. The quantitative estimate of drug-likeness (QED) is 0.180. The van der Waals surface area contributed by atoms with Gasteiger partial charge < -0.3 is 4.43 Å². The van der Waals surface area contributed by atoms with Crippen LogP contribution in [-0.4, -0.2) is 25.1 Å². The average molecular weight is 520 g/mol. The molecule has 0 amide bonds. The van der Waals surface area contributed by atoms with E-state index in [1.54, 1.807) is 6.07 Å². The van der Waals surface area contributed by atoms with E-state index in [1.807, 2.05) is 30.8 Å². The van der Waals surface area contributed by atoms with Crippen molar-refractivity contribution in [3.8, 4) is 0 Å². The van der Waals surface area contributed by atoms with E-state index in [2.05, 4.69) is 81.4 Å². The lowest BCUT2D eigenvalue weighted by atomic mass is 9.90. The van der Waals surface area contributed by atoms with E-state index < -0.39 is 8.32 Å². The zero-order valence-electron chi connectivity index (χ0n) is 21.8. The summed E-state index contributed by atoms with van der Waals surface area (Å²) in [5.74, 6) is 0.557. The van der Waals surface area contributed by atoms with Crippen molar-refractivity contribution in [1.29, 1.82) is 0 Å². The highest BCUT2D eigenvalue weighted by atomic mass is 32.2. The lowest BCUT2D eigenvalue weighted by molar-refractivity contribution is -0.385. The molecule has 0 unspecified atom stereocenters. The Labute approximate surface area is 220 Å². The van der Waals surface area contributed by atoms with E-state index in [1.165, 1.54) is 10.4 Å². The summed E-state index contributed by atoms with van der Waals surface area (Å²) in [6.45, 7) is 9.61. The summed E-state index contributed by atoms with van der Waals surface area (Å²) in [6.07, 6.45) is 4.61. The number of nitrogens with zero attached hydrogens (tertiary/aromatic N) is 1. The molecule has 1 aliphatic rings. The van der Waals surface area contributed by atoms with Crippen LogP contribution in [0.25, 0.3) is 0 Å². The van der Waals surface area contributed by atoms with Gasteiger partial charge >= 0.3 is 0 Å². The molecule has 190 valence electrons. The SMILES string of the molecule is Cc1cc(SC2CCC(CO[Si](c3ccccc3)(c3ccccc3)C(C)(C)C)CC2)ccc1[N+](=O)[O-]. The molecule has 1 aliphatic carbocycles. The van der Waals surface area contributed by atoms with Crippen LogP contribution >= 0.6 is 11.8 Å². The van der Waals surface area contributed by atoms with Gasteiger partial charge in [0.25, 0.3) is 14.0 Å². The van der Waals surface area contributed by atoms with Gasteiger partial charge in [0.1, 0.15) is 0 Å². The second-order valence-electron chi connectivity index (χ2n) is 10.9. The van der Waals surface area contributed by atoms with Crippen LogP contribution in [0.3, 0.4) is 0 Å². The standard InChI is InChI=1S/C30H37NO3SSi/c1-23-21-26(19-20-29(23)31(32)33)35-25-17-15-24(16-18-25)22-34-36(30(2,3)4,27-11-7-5-8-12-27)28-13-9-6-10-14-28/h5-14,19-21,24-25H,15-18,22H2,1-4H3. The van der Waals surface area contributed by atoms with Gasteiger partial charge in [-0.05, 0) is 66.1 Å². The maximum atomic E-state index is 11.1. The van der Waals surface area contributed by atoms with Gasteiger partial charge in [0.15, 0.2) is 0 Å². The number of hydrogen-bond donors (Lipinski definition) is 0. The Morgan fingerprint density at radius 3 is 1.94 bits per heavy atom. The number of hydrogen-bond acceptors (Lipinski definition) is 4. The van der Waals surface area contributed by atoms with E-state index in [9.17, 15) is 10.1 Å². The summed E-state index contributed by atoms with van der Waals surface area (Å²) >= 11 is 1.87. The Balaban J connectivity index is 1.45. The number of rotatable bonds is 8. The van der Waals surface area contributed by atoms with Gasteiger partial charge in [-0.1, -0.05) is 81.4 Å². The third-order valence-electron chi connectivity index (χ3n) is 7.41. The minimum absolute atomic E-state index is 0.00343. The molecule has 0 spiro atoms. The highest BCUT2D eigenvalue weighted by Gasteiger charge is 2.50. The highest BCUT2D eigenvalue weighted by molar-refractivity contribution is 8.00. The smallest absolute Gasteiger partial charge is 0.272 e. The molecule has 36 heavy (non-hydrogen) atoms. The van der Waals surface area contributed by atoms with Crippen molar-refractivity contribution in [2.45, 2.75) is 68.6 Å². The van der Waals surface area contributed by atoms with Gasteiger partial charge in [-0.25, -0.2) is 0 Å². The van der Waals surface area contributed by atoms with Crippen molar-refractivity contribution in [3.63, 3.8) is 0 Å². The molecule has 0 N–H and O–H groups in total. The first-order chi connectivity index (χ1) is 17.2. The lowest BCUT2D eigenvalue weighted by Crippen LogP contribution is -2.67. The molecule has 0 aromatic heterocycles. The highest BCUT2D eigenvalue weighted by Crippen LogP contribution is 2.40. The van der Waals surface area contributed by atoms with Crippen molar-refractivity contribution in [1.82, 2.24) is 0 Å². The third-order valence-corrected chi connectivity index (χ3v) is 13.7. The van der Waals surface area contributed by atoms with Crippen LogP contribution in [0.4, 0.5) is 5.69 Å². The monoisotopic (exact) mass is 519 g/mol. The molecule has 1 fully saturated rings. The van der Waals surface area contributed by atoms with E-state index in [0.29, 0.717) is 11.2 Å². The first-order valence-corrected chi connectivity index (χ1v) is 15.7. The van der Waals surface area contributed by atoms with Crippen LogP contribution in [0.15, 0.2) is 83.8 Å². The molecule has 6 heteroatoms. The van der Waals surface area contributed by atoms with Crippen molar-refractivity contribution in [2.24, 2.45) is 5.92 Å². The van der Waals surface area contributed by atoms with Gasteiger partial charge in [-0.3, -0.25) is 10.1 Å². The molecule has 0 saturated heterocycles. The fourth-order valence-corrected chi connectivity index (χ4v) is 11.4. The summed E-state index contributed by atoms with van der Waals surface area (Å²) in [6, 6.07) is 27.2. The summed E-state index contributed by atoms with van der Waals surface area (Å²) in [5, 5.41) is 14.3. The molecular weight excluding hydrogens is 482 g/mol. The Morgan fingerprint density at radius 1 is 0.917 bits per heavy atom. The zero-order valence-corrected chi connectivity index (χ0v) is 23.6. The van der Waals surface area contributed by atoms with Crippen LogP contribution in [0.1, 0.15) is 52.0 Å². The van der Waals surface area contributed by atoms with Crippen molar-refractivity contribution in [3.05, 3.63) is 94.5 Å². The van der Waals surface area contributed by atoms with E-state index in [-0.39, 0.29) is 15.6 Å². The van der Waals surface area contributed by atoms with Crippen LogP contribution in [-0.2, 0) is 4.43 Å². The summed E-state index contributed by atoms with van der Waals surface area (Å²) in [7, 11) is -2.49. The van der Waals surface area contributed by atoms with Gasteiger partial charge in [0.2, 0.25) is 0 Å². The molecule has 0 heterocycles. The van der Waals surface area contributed by atoms with E-state index in [0.717, 1.165) is 42.7 Å². The Hall–Kier alpha value is -2.41. The van der Waals surface area contributed by atoms with Gasteiger partial charge in [0.05, 0.1) is 4.92 Å². The minimum atomic E-state index is -2.49. The largest absolute Gasteiger partial charge is 0.407 e. The van der Waals surface area contributed by atoms with Crippen LogP contribution < -0.4 is 10.4 Å². The van der Waals surface area contributed by atoms with Crippen LogP contribution in [0.2, 0.25) is 5.04 Å². The Bertz CT molecular complexity index is 1120. The molecule has 1 saturated carbocycles. The summed E-state index contributed by atoms with van der Waals surface area (Å²) < 4.78 is 7.18. The molecule has 3 aromatic rings. The fourth-order valence-electron chi connectivity index (χ4n) is 5.52. The number of aryl methyl sites for hydroxylation is 1. The molecular formula is C30H37NO3SSi. The molecule has 0 aliphatic heterocycles. The predicted octanol–water partition coefficient (Wildman–Crippen LogP) is 7.13. The predicted molar refractivity (Wildman–Crippen MR) is 153 cm³/mol. The summed E-state index contributed by atoms with van der Waals surface area (Å²) in [4.78, 5) is 11.9. The maximum Gasteiger partial charge on any atom is 0.272 e. The number of benzene rings is 3. The first-order valence-electron chi connectivity index (χ1n) is 12.9. The lowest BCUT2D eigenvalue weighted by Gasteiger charge is -2.44. The Morgan fingerprint density at radius 2 is 1.47 bits per heavy atom. The molecule has 0 radical (unpaired) electrons.